The minimum Gasteiger partial charge on any atom is -0.378 e. The average molecular weight is 245 g/mol. The number of benzene rings is 1. The van der Waals surface area contributed by atoms with E-state index in [-0.39, 0.29) is 5.91 Å². The lowest BCUT2D eigenvalue weighted by atomic mass is 10.00. The largest absolute Gasteiger partial charge is 0.378 e. The van der Waals surface area contributed by atoms with Gasteiger partial charge < -0.3 is 10.1 Å². The Balaban J connectivity index is 1.86. The Labute approximate surface area is 108 Å². The summed E-state index contributed by atoms with van der Waals surface area (Å²) in [7, 11) is 0. The van der Waals surface area contributed by atoms with Crippen molar-refractivity contribution in [3.8, 4) is 0 Å². The van der Waals surface area contributed by atoms with Crippen LogP contribution in [0.5, 0.6) is 0 Å². The summed E-state index contributed by atoms with van der Waals surface area (Å²) in [4.78, 5) is 11.8. The molecule has 0 saturated carbocycles. The molecule has 1 N–H and O–H groups in total. The lowest BCUT2D eigenvalue weighted by Gasteiger charge is -2.12. The molecule has 3 nitrogen and oxygen atoms in total. The second-order valence-electron chi connectivity index (χ2n) is 4.47. The van der Waals surface area contributed by atoms with E-state index in [4.69, 9.17) is 4.74 Å². The van der Waals surface area contributed by atoms with E-state index < -0.39 is 0 Å². The summed E-state index contributed by atoms with van der Waals surface area (Å²) in [6.07, 6.45) is 6.15. The molecule has 1 aliphatic heterocycles. The summed E-state index contributed by atoms with van der Waals surface area (Å²) < 4.78 is 5.59. The van der Waals surface area contributed by atoms with Gasteiger partial charge in [0.05, 0.1) is 6.10 Å². The van der Waals surface area contributed by atoms with Gasteiger partial charge in [0.1, 0.15) is 0 Å². The van der Waals surface area contributed by atoms with Crippen LogP contribution in [0.25, 0.3) is 0 Å². The van der Waals surface area contributed by atoms with E-state index in [1.54, 1.807) is 18.3 Å². The lowest BCUT2D eigenvalue weighted by molar-refractivity contribution is 0.0949. The summed E-state index contributed by atoms with van der Waals surface area (Å²) in [5.74, 6) is 0.352. The maximum absolute atomic E-state index is 11.8. The van der Waals surface area contributed by atoms with Crippen molar-refractivity contribution in [2.24, 2.45) is 5.92 Å². The second-order valence-corrected chi connectivity index (χ2v) is 4.47. The summed E-state index contributed by atoms with van der Waals surface area (Å²) in [5.41, 5.74) is 0.678. The van der Waals surface area contributed by atoms with Gasteiger partial charge in [-0.3, -0.25) is 4.79 Å². The van der Waals surface area contributed by atoms with Gasteiger partial charge in [-0.15, -0.1) is 0 Å². The first-order valence-electron chi connectivity index (χ1n) is 6.45. The standard InChI is InChI=1S/C15H19NO2/c1-2-14-12(9-11-18-14)8-10-16-15(17)13-6-4-3-5-7-13/h3-8,10,12,14H,2,9,11H2,1H3,(H,16,17)/b10-8+/t12-,14-/m0/s1. The van der Waals surface area contributed by atoms with Crippen molar-refractivity contribution in [1.82, 2.24) is 5.32 Å². The zero-order chi connectivity index (χ0) is 12.8. The number of ether oxygens (including phenoxy) is 1. The number of nitrogens with one attached hydrogen (secondary N) is 1. The molecule has 1 aromatic carbocycles. The first-order chi connectivity index (χ1) is 8.81. The van der Waals surface area contributed by atoms with E-state index in [1.807, 2.05) is 24.3 Å². The molecule has 96 valence electrons. The summed E-state index contributed by atoms with van der Waals surface area (Å²) in [6.45, 7) is 2.94. The molecule has 0 bridgehead atoms. The van der Waals surface area contributed by atoms with Crippen molar-refractivity contribution in [2.75, 3.05) is 6.61 Å². The lowest BCUT2D eigenvalue weighted by Crippen LogP contribution is -2.18. The van der Waals surface area contributed by atoms with Crippen LogP contribution in [-0.2, 0) is 4.74 Å². The number of carbonyl (C=O) groups is 1. The fraction of sp³-hybridized carbons (Fsp3) is 0.400. The first-order valence-corrected chi connectivity index (χ1v) is 6.45. The van der Waals surface area contributed by atoms with Gasteiger partial charge in [0.15, 0.2) is 0 Å². The van der Waals surface area contributed by atoms with Gasteiger partial charge in [-0.05, 0) is 25.0 Å². The molecule has 3 heteroatoms. The van der Waals surface area contributed by atoms with Crippen molar-refractivity contribution in [3.63, 3.8) is 0 Å². The van der Waals surface area contributed by atoms with Gasteiger partial charge >= 0.3 is 0 Å². The molecule has 0 spiro atoms. The summed E-state index contributed by atoms with van der Waals surface area (Å²) >= 11 is 0. The number of hydrogen-bond donors (Lipinski definition) is 1. The van der Waals surface area contributed by atoms with E-state index in [1.165, 1.54) is 0 Å². The summed E-state index contributed by atoms with van der Waals surface area (Å²) in [5, 5.41) is 2.80. The van der Waals surface area contributed by atoms with Gasteiger partial charge in [0, 0.05) is 24.3 Å². The Morgan fingerprint density at radius 3 is 2.94 bits per heavy atom. The van der Waals surface area contributed by atoms with Crippen LogP contribution >= 0.6 is 0 Å². The van der Waals surface area contributed by atoms with Gasteiger partial charge in [-0.2, -0.15) is 0 Å². The van der Waals surface area contributed by atoms with Gasteiger partial charge in [-0.1, -0.05) is 31.2 Å². The molecule has 0 radical (unpaired) electrons. The quantitative estimate of drug-likeness (QED) is 0.885. The van der Waals surface area contributed by atoms with Gasteiger partial charge in [0.2, 0.25) is 0 Å². The van der Waals surface area contributed by atoms with E-state index in [9.17, 15) is 4.79 Å². The van der Waals surface area contributed by atoms with Crippen LogP contribution in [0.3, 0.4) is 0 Å². The van der Waals surface area contributed by atoms with Crippen LogP contribution in [-0.4, -0.2) is 18.6 Å². The minimum atomic E-state index is -0.0705. The predicted molar refractivity (Wildman–Crippen MR) is 71.2 cm³/mol. The molecule has 0 aliphatic carbocycles. The molecule has 1 fully saturated rings. The van der Waals surface area contributed by atoms with Crippen LogP contribution < -0.4 is 5.32 Å². The van der Waals surface area contributed by atoms with E-state index in [0.29, 0.717) is 17.6 Å². The third-order valence-electron chi connectivity index (χ3n) is 3.26. The fourth-order valence-corrected chi connectivity index (χ4v) is 2.23. The van der Waals surface area contributed by atoms with Crippen molar-refractivity contribution in [1.29, 1.82) is 0 Å². The maximum Gasteiger partial charge on any atom is 0.255 e. The Hall–Kier alpha value is -1.61. The number of hydrogen-bond acceptors (Lipinski definition) is 2. The Morgan fingerprint density at radius 2 is 2.22 bits per heavy atom. The maximum atomic E-state index is 11.8. The molecular weight excluding hydrogens is 226 g/mol. The highest BCUT2D eigenvalue weighted by atomic mass is 16.5. The molecule has 1 amide bonds. The van der Waals surface area contributed by atoms with Crippen molar-refractivity contribution < 1.29 is 9.53 Å². The van der Waals surface area contributed by atoms with E-state index in [0.717, 1.165) is 19.4 Å². The monoisotopic (exact) mass is 245 g/mol. The molecule has 1 aliphatic rings. The average Bonchev–Trinajstić information content (AvgIpc) is 2.87. The zero-order valence-corrected chi connectivity index (χ0v) is 10.6. The zero-order valence-electron chi connectivity index (χ0n) is 10.6. The smallest absolute Gasteiger partial charge is 0.255 e. The topological polar surface area (TPSA) is 38.3 Å². The van der Waals surface area contributed by atoms with E-state index >= 15 is 0 Å². The van der Waals surface area contributed by atoms with E-state index in [2.05, 4.69) is 12.2 Å². The van der Waals surface area contributed by atoms with Crippen LogP contribution in [0.1, 0.15) is 30.1 Å². The normalized spacial score (nSPS) is 23.4. The Bertz CT molecular complexity index is 414. The molecule has 1 saturated heterocycles. The summed E-state index contributed by atoms with van der Waals surface area (Å²) in [6, 6.07) is 9.22. The van der Waals surface area contributed by atoms with Crippen molar-refractivity contribution in [2.45, 2.75) is 25.9 Å². The first kappa shape index (κ1) is 12.8. The van der Waals surface area contributed by atoms with Crippen molar-refractivity contribution in [3.05, 3.63) is 48.2 Å². The predicted octanol–water partition coefficient (Wildman–Crippen LogP) is 2.75. The fourth-order valence-electron chi connectivity index (χ4n) is 2.23. The van der Waals surface area contributed by atoms with Gasteiger partial charge in [0.25, 0.3) is 5.91 Å². The van der Waals surface area contributed by atoms with Crippen molar-refractivity contribution >= 4 is 5.91 Å². The SMILES string of the molecule is CC[C@@H]1OCC[C@@H]1/C=C/NC(=O)c1ccccc1. The molecule has 0 unspecified atom stereocenters. The molecule has 2 atom stereocenters. The minimum absolute atomic E-state index is 0.0705. The molecule has 2 rings (SSSR count). The Kier molecular flexibility index (Phi) is 4.53. The molecule has 18 heavy (non-hydrogen) atoms. The second kappa shape index (κ2) is 6.36. The third kappa shape index (κ3) is 3.20. The van der Waals surface area contributed by atoms with Crippen LogP contribution in [0.2, 0.25) is 0 Å². The number of carbonyl (C=O) groups excluding carboxylic acids is 1. The molecule has 1 heterocycles. The highest BCUT2D eigenvalue weighted by Gasteiger charge is 2.24. The van der Waals surface area contributed by atoms with Crippen LogP contribution in [0.4, 0.5) is 0 Å². The van der Waals surface area contributed by atoms with Crippen LogP contribution in [0.15, 0.2) is 42.6 Å². The Morgan fingerprint density at radius 1 is 1.44 bits per heavy atom. The number of rotatable bonds is 4. The van der Waals surface area contributed by atoms with Crippen LogP contribution in [0, 0.1) is 5.92 Å². The molecule has 1 aromatic rings. The number of amides is 1. The highest BCUT2D eigenvalue weighted by Crippen LogP contribution is 2.24. The third-order valence-corrected chi connectivity index (χ3v) is 3.26. The molecular formula is C15H19NO2. The van der Waals surface area contributed by atoms with Gasteiger partial charge in [-0.25, -0.2) is 0 Å². The molecule has 0 aromatic heterocycles. The highest BCUT2D eigenvalue weighted by molar-refractivity contribution is 5.94.